The maximum Gasteiger partial charge on any atom is 0.249 e. The predicted octanol–water partition coefficient (Wildman–Crippen LogP) is -4.73. The summed E-state index contributed by atoms with van der Waals surface area (Å²) in [5, 5.41) is 50.7. The van der Waals surface area contributed by atoms with Gasteiger partial charge in [0.05, 0.1) is 31.4 Å². The molecule has 1 aliphatic carbocycles. The second-order valence-electron chi connectivity index (χ2n) is 11.9. The molecule has 244 valence electrons. The lowest BCUT2D eigenvalue weighted by Gasteiger charge is -2.47. The van der Waals surface area contributed by atoms with Crippen LogP contribution in [0.5, 0.6) is 0 Å². The van der Waals surface area contributed by atoms with Gasteiger partial charge >= 0.3 is 0 Å². The van der Waals surface area contributed by atoms with E-state index in [1.165, 1.54) is 0 Å². The van der Waals surface area contributed by atoms with Crippen molar-refractivity contribution in [2.24, 2.45) is 17.2 Å². The first-order valence-corrected chi connectivity index (χ1v) is 14.8. The fourth-order valence-corrected chi connectivity index (χ4v) is 6.13. The van der Waals surface area contributed by atoms with E-state index in [2.05, 4.69) is 16.0 Å². The van der Waals surface area contributed by atoms with Crippen molar-refractivity contribution in [3.8, 4) is 0 Å². The number of aliphatic hydroxyl groups excluding tert-OH is 3. The third kappa shape index (κ3) is 7.24. The van der Waals surface area contributed by atoms with Crippen molar-refractivity contribution in [3.05, 3.63) is 0 Å². The second kappa shape index (κ2) is 14.3. The van der Waals surface area contributed by atoms with Crippen LogP contribution in [0.1, 0.15) is 39.0 Å². The summed E-state index contributed by atoms with van der Waals surface area (Å²) in [5.74, 6) is -0.642. The molecular formula is C26H50N6O10. The molecule has 4 fully saturated rings. The highest BCUT2D eigenvalue weighted by Crippen LogP contribution is 2.50. The number of carbonyl (C=O) groups excluding carboxylic acids is 1. The summed E-state index contributed by atoms with van der Waals surface area (Å²) in [6.07, 6.45) is -5.41. The van der Waals surface area contributed by atoms with E-state index in [0.717, 1.165) is 0 Å². The summed E-state index contributed by atoms with van der Waals surface area (Å²) >= 11 is 0. The van der Waals surface area contributed by atoms with Gasteiger partial charge in [0.25, 0.3) is 0 Å². The van der Waals surface area contributed by atoms with Gasteiger partial charge < -0.3 is 71.9 Å². The fourth-order valence-electron chi connectivity index (χ4n) is 6.13. The lowest BCUT2D eigenvalue weighted by Crippen LogP contribution is -2.68. The van der Waals surface area contributed by atoms with Crippen LogP contribution in [0.2, 0.25) is 0 Å². The molecule has 3 aliphatic heterocycles. The molecule has 0 aromatic heterocycles. The van der Waals surface area contributed by atoms with E-state index in [1.807, 2.05) is 0 Å². The number of amides is 1. The highest BCUT2D eigenvalue weighted by molar-refractivity contribution is 5.80. The molecule has 1 amide bonds. The van der Waals surface area contributed by atoms with Gasteiger partial charge in [0.15, 0.2) is 24.4 Å². The number of epoxide rings is 1. The number of ether oxygens (including phenoxy) is 5. The molecule has 13 atom stereocenters. The normalized spacial score (nSPS) is 44.3. The predicted molar refractivity (Wildman–Crippen MR) is 147 cm³/mol. The number of aliphatic hydroxyl groups is 4. The number of carbonyl (C=O) groups is 1. The summed E-state index contributed by atoms with van der Waals surface area (Å²) in [5.41, 5.74) is 15.9. The zero-order valence-electron chi connectivity index (χ0n) is 24.4. The molecule has 16 nitrogen and oxygen atoms in total. The third-order valence-electron chi connectivity index (χ3n) is 8.67. The Morgan fingerprint density at radius 3 is 2.60 bits per heavy atom. The monoisotopic (exact) mass is 606 g/mol. The molecule has 0 aromatic rings. The minimum atomic E-state index is -1.36. The molecule has 3 saturated heterocycles. The summed E-state index contributed by atoms with van der Waals surface area (Å²) in [6.45, 7) is 2.72. The minimum Gasteiger partial charge on any atom is -0.395 e. The van der Waals surface area contributed by atoms with Gasteiger partial charge in [-0.1, -0.05) is 0 Å². The molecule has 0 radical (unpaired) electrons. The van der Waals surface area contributed by atoms with E-state index < -0.39 is 78.5 Å². The zero-order valence-corrected chi connectivity index (χ0v) is 24.4. The maximum atomic E-state index is 12.8. The van der Waals surface area contributed by atoms with Crippen molar-refractivity contribution >= 4 is 5.91 Å². The van der Waals surface area contributed by atoms with E-state index in [-0.39, 0.29) is 32.2 Å². The van der Waals surface area contributed by atoms with Crippen molar-refractivity contribution in [2.45, 2.75) is 118 Å². The first-order valence-electron chi connectivity index (χ1n) is 14.8. The van der Waals surface area contributed by atoms with Crippen LogP contribution < -0.4 is 33.2 Å². The van der Waals surface area contributed by atoms with Gasteiger partial charge in [-0.15, -0.1) is 0 Å². The Kier molecular flexibility index (Phi) is 11.5. The molecule has 0 bridgehead atoms. The number of hydrogen-bond acceptors (Lipinski definition) is 15. The average Bonchev–Trinajstić information content (AvgIpc) is 3.72. The van der Waals surface area contributed by atoms with Crippen LogP contribution in [0.25, 0.3) is 0 Å². The molecular weight excluding hydrogens is 556 g/mol. The largest absolute Gasteiger partial charge is 0.395 e. The van der Waals surface area contributed by atoms with E-state index in [0.29, 0.717) is 38.9 Å². The smallest absolute Gasteiger partial charge is 0.249 e. The van der Waals surface area contributed by atoms with Crippen LogP contribution in [0.4, 0.5) is 0 Å². The molecule has 4 rings (SSSR count). The average molecular weight is 607 g/mol. The Bertz CT molecular complexity index is 891. The molecule has 3 heterocycles. The number of fused-ring (bicyclic) bond motifs is 1. The van der Waals surface area contributed by atoms with Crippen molar-refractivity contribution in [1.29, 1.82) is 0 Å². The highest BCUT2D eigenvalue weighted by atomic mass is 16.8. The van der Waals surface area contributed by atoms with Crippen molar-refractivity contribution in [2.75, 3.05) is 39.9 Å². The van der Waals surface area contributed by atoms with Gasteiger partial charge in [-0.2, -0.15) is 0 Å². The van der Waals surface area contributed by atoms with Crippen LogP contribution in [0.15, 0.2) is 0 Å². The lowest BCUT2D eigenvalue weighted by atomic mass is 9.83. The number of likely N-dealkylation sites (N-methyl/N-ethyl adjacent to an activating group) is 1. The topological polar surface area (TPSA) is 262 Å². The van der Waals surface area contributed by atoms with Crippen molar-refractivity contribution in [1.82, 2.24) is 16.0 Å². The summed E-state index contributed by atoms with van der Waals surface area (Å²) < 4.78 is 30.2. The molecule has 1 saturated carbocycles. The number of hydrogen-bond donors (Lipinski definition) is 10. The molecule has 16 heteroatoms. The molecule has 0 aromatic carbocycles. The van der Waals surface area contributed by atoms with E-state index >= 15 is 0 Å². The highest BCUT2D eigenvalue weighted by Gasteiger charge is 2.73. The van der Waals surface area contributed by atoms with E-state index in [1.54, 1.807) is 14.0 Å². The van der Waals surface area contributed by atoms with Gasteiger partial charge in [0.2, 0.25) is 5.91 Å². The van der Waals surface area contributed by atoms with Crippen LogP contribution in [0, 0.1) is 0 Å². The Hall–Kier alpha value is -1.09. The lowest BCUT2D eigenvalue weighted by molar-refractivity contribution is -0.281. The number of rotatable bonds is 14. The van der Waals surface area contributed by atoms with Crippen LogP contribution in [-0.2, 0) is 28.5 Å². The fraction of sp³-hybridized carbons (Fsp3) is 0.962. The van der Waals surface area contributed by atoms with Crippen molar-refractivity contribution in [3.63, 3.8) is 0 Å². The molecule has 0 spiro atoms. The number of nitrogens with one attached hydrogen (secondary N) is 3. The Balaban J connectivity index is 1.49. The van der Waals surface area contributed by atoms with Gasteiger partial charge in [0.1, 0.15) is 30.0 Å². The first-order chi connectivity index (χ1) is 20.0. The van der Waals surface area contributed by atoms with E-state index in [9.17, 15) is 20.1 Å². The standard InChI is InChI=1S/C26H50N6O10/c1-25(37)12-38-24(21-26(25,30-2)42-21)41-20-16(32-22(36)17(34)4-3-7-27)10-15(29)19(18(20)35)40-23-14(28)6-5-13(39-23)11-31-8-9-33/h13-21,23-24,30-31,33-35,37H,3-12,27-29H2,1-2H3,(H,32,36)/t13-,14?,15-,16+,17-,18?,19?,20?,21?,23+,24+,25?,26-/m0/s1. The zero-order chi connectivity index (χ0) is 30.7. The van der Waals surface area contributed by atoms with Gasteiger partial charge in [-0.3, -0.25) is 10.1 Å². The van der Waals surface area contributed by atoms with Crippen LogP contribution in [-0.4, -0.2) is 145 Å². The van der Waals surface area contributed by atoms with Gasteiger partial charge in [-0.25, -0.2) is 0 Å². The Labute approximate surface area is 245 Å². The molecule has 6 unspecified atom stereocenters. The minimum absolute atomic E-state index is 0.00200. The molecule has 4 aliphatic rings. The van der Waals surface area contributed by atoms with Crippen LogP contribution >= 0.6 is 0 Å². The maximum absolute atomic E-state index is 12.8. The van der Waals surface area contributed by atoms with Gasteiger partial charge in [-0.05, 0) is 52.6 Å². The Morgan fingerprint density at radius 2 is 1.90 bits per heavy atom. The summed E-state index contributed by atoms with van der Waals surface area (Å²) in [7, 11) is 1.65. The summed E-state index contributed by atoms with van der Waals surface area (Å²) in [6, 6.07) is -2.04. The SMILES string of the molecule is CN[C@]12OC1[C@@H](OC1C(O)C(O[C@H]3O[C@H](CNCCO)CCC3N)[C@@H](N)C[C@H]1NC(=O)[C@@H](O)CCCN)OCC2(C)O. The van der Waals surface area contributed by atoms with E-state index in [4.69, 9.17) is 46.0 Å². The quantitative estimate of drug-likeness (QED) is 0.0657. The van der Waals surface area contributed by atoms with Crippen LogP contribution in [0.3, 0.4) is 0 Å². The second-order valence-corrected chi connectivity index (χ2v) is 11.9. The Morgan fingerprint density at radius 1 is 1.17 bits per heavy atom. The molecule has 42 heavy (non-hydrogen) atoms. The first kappa shape index (κ1) is 33.8. The van der Waals surface area contributed by atoms with Gasteiger partial charge in [0, 0.05) is 19.1 Å². The van der Waals surface area contributed by atoms with Crippen molar-refractivity contribution < 1.29 is 48.9 Å². The molecule has 13 N–H and O–H groups in total. The third-order valence-corrected chi connectivity index (χ3v) is 8.67. The number of nitrogens with two attached hydrogens (primary N) is 3. The summed E-state index contributed by atoms with van der Waals surface area (Å²) in [4.78, 5) is 12.8.